The first-order valence-electron chi connectivity index (χ1n) is 5.38. The van der Waals surface area contributed by atoms with Gasteiger partial charge in [-0.05, 0) is 25.6 Å². The van der Waals surface area contributed by atoms with Crippen LogP contribution in [0.1, 0.15) is 31.2 Å². The molecule has 1 aromatic rings. The molecule has 0 spiro atoms. The molecule has 0 fully saturated rings. The van der Waals surface area contributed by atoms with Crippen molar-refractivity contribution in [2.75, 3.05) is 13.1 Å². The normalized spacial score (nSPS) is 12.4. The van der Waals surface area contributed by atoms with Crippen molar-refractivity contribution in [1.29, 1.82) is 0 Å². The van der Waals surface area contributed by atoms with E-state index in [9.17, 15) is 4.79 Å². The van der Waals surface area contributed by atoms with E-state index >= 15 is 0 Å². The van der Waals surface area contributed by atoms with Crippen LogP contribution in [0.5, 0.6) is 0 Å². The highest BCUT2D eigenvalue weighted by Crippen LogP contribution is 2.26. The summed E-state index contributed by atoms with van der Waals surface area (Å²) in [5, 5.41) is 6.06. The fraction of sp³-hybridized carbons (Fsp3) is 0.545. The number of carbonyl (C=O) groups is 1. The minimum absolute atomic E-state index is 0.0339. The predicted molar refractivity (Wildman–Crippen MR) is 69.0 cm³/mol. The third-order valence-electron chi connectivity index (χ3n) is 2.18. The number of thiophene rings is 1. The molecule has 16 heavy (non-hydrogen) atoms. The van der Waals surface area contributed by atoms with Crippen molar-refractivity contribution in [3.63, 3.8) is 0 Å². The van der Waals surface area contributed by atoms with Crippen molar-refractivity contribution in [2.45, 2.75) is 26.3 Å². The van der Waals surface area contributed by atoms with Gasteiger partial charge in [0, 0.05) is 17.8 Å². The Morgan fingerprint density at radius 3 is 2.88 bits per heavy atom. The van der Waals surface area contributed by atoms with Gasteiger partial charge in [0.15, 0.2) is 0 Å². The summed E-state index contributed by atoms with van der Waals surface area (Å²) in [5.74, 6) is 0.0676. The lowest BCUT2D eigenvalue weighted by Gasteiger charge is -2.12. The van der Waals surface area contributed by atoms with Crippen LogP contribution in [0.15, 0.2) is 12.1 Å². The van der Waals surface area contributed by atoms with Crippen LogP contribution in [0.4, 0.5) is 0 Å². The van der Waals surface area contributed by atoms with Crippen molar-refractivity contribution < 1.29 is 4.79 Å². The summed E-state index contributed by atoms with van der Waals surface area (Å²) < 4.78 is 0.753. The zero-order valence-electron chi connectivity index (χ0n) is 9.55. The molecule has 90 valence electrons. The SMILES string of the molecule is CCNCCC(=O)NC(C)c1ccc(Cl)s1. The maximum absolute atomic E-state index is 11.5. The van der Waals surface area contributed by atoms with Gasteiger partial charge in [0.05, 0.1) is 10.4 Å². The zero-order chi connectivity index (χ0) is 12.0. The second-order valence-electron chi connectivity index (χ2n) is 3.53. The zero-order valence-corrected chi connectivity index (χ0v) is 11.1. The molecule has 0 bridgehead atoms. The van der Waals surface area contributed by atoms with Crippen molar-refractivity contribution in [3.05, 3.63) is 21.3 Å². The first-order chi connectivity index (χ1) is 7.63. The lowest BCUT2D eigenvalue weighted by Crippen LogP contribution is -2.29. The Morgan fingerprint density at radius 2 is 2.31 bits per heavy atom. The lowest BCUT2D eigenvalue weighted by atomic mass is 10.2. The Labute approximate surface area is 105 Å². The predicted octanol–water partition coefficient (Wildman–Crippen LogP) is 2.58. The van der Waals surface area contributed by atoms with Crippen LogP contribution in [-0.2, 0) is 4.79 Å². The molecule has 0 aromatic carbocycles. The van der Waals surface area contributed by atoms with Gasteiger partial charge < -0.3 is 10.6 Å². The average Bonchev–Trinajstić information content (AvgIpc) is 2.65. The second kappa shape index (κ2) is 6.89. The fourth-order valence-electron chi connectivity index (χ4n) is 1.32. The standard InChI is InChI=1S/C11H17ClN2OS/c1-3-13-7-6-11(15)14-8(2)9-4-5-10(12)16-9/h4-5,8,13H,3,6-7H2,1-2H3,(H,14,15). The molecule has 1 unspecified atom stereocenters. The molecule has 1 rings (SSSR count). The van der Waals surface area contributed by atoms with Gasteiger partial charge in [-0.1, -0.05) is 18.5 Å². The number of halogens is 1. The van der Waals surface area contributed by atoms with E-state index in [2.05, 4.69) is 10.6 Å². The quantitative estimate of drug-likeness (QED) is 0.772. The monoisotopic (exact) mass is 260 g/mol. The lowest BCUT2D eigenvalue weighted by molar-refractivity contribution is -0.121. The third kappa shape index (κ3) is 4.51. The van der Waals surface area contributed by atoms with E-state index in [0.29, 0.717) is 6.42 Å². The number of carbonyl (C=O) groups excluding carboxylic acids is 1. The minimum atomic E-state index is 0.0339. The molecule has 3 nitrogen and oxygen atoms in total. The average molecular weight is 261 g/mol. The van der Waals surface area contributed by atoms with Crippen LogP contribution in [0.2, 0.25) is 4.34 Å². The van der Waals surface area contributed by atoms with Gasteiger partial charge in [0.1, 0.15) is 0 Å². The van der Waals surface area contributed by atoms with Crippen LogP contribution in [-0.4, -0.2) is 19.0 Å². The van der Waals surface area contributed by atoms with Crippen LogP contribution in [0.3, 0.4) is 0 Å². The fourth-order valence-corrected chi connectivity index (χ4v) is 2.39. The molecule has 0 aliphatic carbocycles. The van der Waals surface area contributed by atoms with E-state index in [0.717, 1.165) is 22.3 Å². The molecule has 2 N–H and O–H groups in total. The Kier molecular flexibility index (Phi) is 5.80. The van der Waals surface area contributed by atoms with E-state index in [4.69, 9.17) is 11.6 Å². The highest BCUT2D eigenvalue weighted by molar-refractivity contribution is 7.16. The van der Waals surface area contributed by atoms with Gasteiger partial charge in [-0.3, -0.25) is 4.79 Å². The van der Waals surface area contributed by atoms with E-state index in [1.807, 2.05) is 26.0 Å². The molecule has 0 radical (unpaired) electrons. The third-order valence-corrected chi connectivity index (χ3v) is 3.59. The van der Waals surface area contributed by atoms with Crippen LogP contribution < -0.4 is 10.6 Å². The molecule has 0 saturated carbocycles. The Morgan fingerprint density at radius 1 is 1.56 bits per heavy atom. The summed E-state index contributed by atoms with van der Waals surface area (Å²) in [4.78, 5) is 12.6. The number of nitrogens with one attached hydrogen (secondary N) is 2. The molecule has 1 aromatic heterocycles. The van der Waals surface area contributed by atoms with Crippen molar-refractivity contribution in [1.82, 2.24) is 10.6 Å². The van der Waals surface area contributed by atoms with Gasteiger partial charge in [-0.25, -0.2) is 0 Å². The summed E-state index contributed by atoms with van der Waals surface area (Å²) in [6.07, 6.45) is 0.511. The Balaban J connectivity index is 2.33. The topological polar surface area (TPSA) is 41.1 Å². The largest absolute Gasteiger partial charge is 0.349 e. The molecule has 1 amide bonds. The second-order valence-corrected chi connectivity index (χ2v) is 5.28. The summed E-state index contributed by atoms with van der Waals surface area (Å²) in [7, 11) is 0. The van der Waals surface area contributed by atoms with Gasteiger partial charge in [0.25, 0.3) is 0 Å². The molecule has 0 saturated heterocycles. The first-order valence-corrected chi connectivity index (χ1v) is 6.58. The maximum atomic E-state index is 11.5. The Hall–Kier alpha value is -0.580. The van der Waals surface area contributed by atoms with Crippen molar-refractivity contribution in [2.24, 2.45) is 0 Å². The summed E-state index contributed by atoms with van der Waals surface area (Å²) >= 11 is 7.34. The number of hydrogen-bond acceptors (Lipinski definition) is 3. The molecule has 5 heteroatoms. The molecular weight excluding hydrogens is 244 g/mol. The smallest absolute Gasteiger partial charge is 0.221 e. The number of rotatable bonds is 6. The summed E-state index contributed by atoms with van der Waals surface area (Å²) in [5.41, 5.74) is 0. The minimum Gasteiger partial charge on any atom is -0.349 e. The van der Waals surface area contributed by atoms with Crippen molar-refractivity contribution in [3.8, 4) is 0 Å². The van der Waals surface area contributed by atoms with Crippen LogP contribution in [0, 0.1) is 0 Å². The first kappa shape index (κ1) is 13.5. The van der Waals surface area contributed by atoms with Gasteiger partial charge in [-0.2, -0.15) is 0 Å². The molecule has 1 heterocycles. The van der Waals surface area contributed by atoms with Gasteiger partial charge in [-0.15, -0.1) is 11.3 Å². The highest BCUT2D eigenvalue weighted by Gasteiger charge is 2.10. The van der Waals surface area contributed by atoms with E-state index in [1.165, 1.54) is 11.3 Å². The van der Waals surface area contributed by atoms with Crippen LogP contribution in [0.25, 0.3) is 0 Å². The van der Waals surface area contributed by atoms with Gasteiger partial charge >= 0.3 is 0 Å². The molecule has 0 aliphatic rings. The van der Waals surface area contributed by atoms with Crippen LogP contribution >= 0.6 is 22.9 Å². The number of amides is 1. The molecular formula is C11H17ClN2OS. The van der Waals surface area contributed by atoms with E-state index in [1.54, 1.807) is 0 Å². The van der Waals surface area contributed by atoms with E-state index in [-0.39, 0.29) is 11.9 Å². The number of hydrogen-bond donors (Lipinski definition) is 2. The van der Waals surface area contributed by atoms with Gasteiger partial charge in [0.2, 0.25) is 5.91 Å². The molecule has 0 aliphatic heterocycles. The Bertz CT molecular complexity index is 340. The molecule has 1 atom stereocenters. The highest BCUT2D eigenvalue weighted by atomic mass is 35.5. The summed E-state index contributed by atoms with van der Waals surface area (Å²) in [6.45, 7) is 5.60. The maximum Gasteiger partial charge on any atom is 0.221 e. The summed E-state index contributed by atoms with van der Waals surface area (Å²) in [6, 6.07) is 3.83. The van der Waals surface area contributed by atoms with E-state index < -0.39 is 0 Å². The van der Waals surface area contributed by atoms with Crippen molar-refractivity contribution >= 4 is 28.8 Å².